The van der Waals surface area contributed by atoms with Crippen LogP contribution in [-0.4, -0.2) is 25.4 Å². The first-order chi connectivity index (χ1) is 7.39. The van der Waals surface area contributed by atoms with Gasteiger partial charge in [-0.1, -0.05) is 0 Å². The third-order valence-electron chi connectivity index (χ3n) is 2.78. The lowest BCUT2D eigenvalue weighted by molar-refractivity contribution is 0.101. The number of hydrogen-bond donors (Lipinski definition) is 0. The van der Waals surface area contributed by atoms with Crippen molar-refractivity contribution in [3.05, 3.63) is 22.9 Å². The molecule has 1 aromatic rings. The monoisotopic (exact) mass is 239 g/mol. The number of pyridine rings is 1. The average Bonchev–Trinajstić information content (AvgIpc) is 2.61. The van der Waals surface area contributed by atoms with Crippen molar-refractivity contribution in [3.8, 4) is 0 Å². The molecule has 1 heterocycles. The summed E-state index contributed by atoms with van der Waals surface area (Å²) in [6, 6.07) is 1.60. The fourth-order valence-corrected chi connectivity index (χ4v) is 2.65. The van der Waals surface area contributed by atoms with Gasteiger partial charge in [0.15, 0.2) is 20.6 Å². The fraction of sp³-hybridized carbons (Fsp3) is 0.455. The van der Waals surface area contributed by atoms with Gasteiger partial charge in [0.25, 0.3) is 0 Å². The molecule has 1 aromatic heterocycles. The fourth-order valence-electron chi connectivity index (χ4n) is 2.04. The van der Waals surface area contributed by atoms with Gasteiger partial charge in [-0.2, -0.15) is 0 Å². The average molecular weight is 239 g/mol. The zero-order valence-electron chi connectivity index (χ0n) is 9.28. The highest BCUT2D eigenvalue weighted by molar-refractivity contribution is 7.90. The number of carbonyl (C=O) groups is 1. The van der Waals surface area contributed by atoms with Crippen molar-refractivity contribution in [2.24, 2.45) is 0 Å². The van der Waals surface area contributed by atoms with Crippen LogP contribution >= 0.6 is 0 Å². The third-order valence-corrected chi connectivity index (χ3v) is 3.75. The SMILES string of the molecule is CC(=O)c1nc(S(C)(=O)=O)cc2c1CCC2. The molecule has 4 nitrogen and oxygen atoms in total. The van der Waals surface area contributed by atoms with Gasteiger partial charge in [0.1, 0.15) is 5.69 Å². The topological polar surface area (TPSA) is 64.1 Å². The number of fused-ring (bicyclic) bond motifs is 1. The Bertz CT molecular complexity index is 561. The van der Waals surface area contributed by atoms with E-state index in [-0.39, 0.29) is 10.8 Å². The van der Waals surface area contributed by atoms with E-state index in [2.05, 4.69) is 4.98 Å². The Morgan fingerprint density at radius 2 is 2.06 bits per heavy atom. The molecule has 0 saturated heterocycles. The molecule has 0 spiro atoms. The molecule has 0 amide bonds. The molecule has 16 heavy (non-hydrogen) atoms. The summed E-state index contributed by atoms with van der Waals surface area (Å²) in [5.41, 5.74) is 2.22. The van der Waals surface area contributed by atoms with E-state index in [0.717, 1.165) is 36.6 Å². The predicted molar refractivity (Wildman–Crippen MR) is 59.4 cm³/mol. The standard InChI is InChI=1S/C11H13NO3S/c1-7(13)11-9-5-3-4-8(9)6-10(12-11)16(2,14)15/h6H,3-5H2,1-2H3. The Balaban J connectivity index is 2.70. The molecule has 0 unspecified atom stereocenters. The van der Waals surface area contributed by atoms with Crippen molar-refractivity contribution in [2.45, 2.75) is 31.2 Å². The van der Waals surface area contributed by atoms with Crippen LogP contribution < -0.4 is 0 Å². The summed E-state index contributed by atoms with van der Waals surface area (Å²) in [6.07, 6.45) is 3.73. The number of nitrogens with zero attached hydrogens (tertiary/aromatic N) is 1. The molecule has 5 heteroatoms. The molecule has 86 valence electrons. The Morgan fingerprint density at radius 1 is 1.38 bits per heavy atom. The molecule has 0 atom stereocenters. The minimum absolute atomic E-state index is 0.0124. The van der Waals surface area contributed by atoms with Crippen molar-refractivity contribution in [2.75, 3.05) is 6.26 Å². The normalized spacial score (nSPS) is 14.9. The molecule has 0 N–H and O–H groups in total. The summed E-state index contributed by atoms with van der Waals surface area (Å²) >= 11 is 0. The van der Waals surface area contributed by atoms with Crippen LogP contribution in [0.4, 0.5) is 0 Å². The van der Waals surface area contributed by atoms with Gasteiger partial charge >= 0.3 is 0 Å². The number of hydrogen-bond acceptors (Lipinski definition) is 4. The number of rotatable bonds is 2. The second-order valence-electron chi connectivity index (χ2n) is 4.13. The van der Waals surface area contributed by atoms with Crippen LogP contribution in [0.5, 0.6) is 0 Å². The van der Waals surface area contributed by atoms with Gasteiger partial charge in [0.05, 0.1) is 0 Å². The summed E-state index contributed by atoms with van der Waals surface area (Å²) < 4.78 is 22.9. The van der Waals surface area contributed by atoms with Crippen molar-refractivity contribution in [3.63, 3.8) is 0 Å². The van der Waals surface area contributed by atoms with Gasteiger partial charge in [-0.05, 0) is 36.5 Å². The summed E-state index contributed by atoms with van der Waals surface area (Å²) in [6.45, 7) is 1.42. The Labute approximate surface area is 94.6 Å². The van der Waals surface area contributed by atoms with E-state index in [4.69, 9.17) is 0 Å². The van der Waals surface area contributed by atoms with E-state index in [1.165, 1.54) is 6.92 Å². The molecular formula is C11H13NO3S. The Kier molecular flexibility index (Phi) is 2.58. The first kappa shape index (κ1) is 11.3. The summed E-state index contributed by atoms with van der Waals surface area (Å²) in [5, 5.41) is 0.0124. The Morgan fingerprint density at radius 3 is 2.62 bits per heavy atom. The van der Waals surface area contributed by atoms with Crippen LogP contribution in [0.15, 0.2) is 11.1 Å². The summed E-state index contributed by atoms with van der Waals surface area (Å²) in [4.78, 5) is 15.4. The number of Topliss-reactive ketones (excluding diaryl/α,β-unsaturated/α-hetero) is 1. The van der Waals surface area contributed by atoms with Crippen molar-refractivity contribution >= 4 is 15.6 Å². The molecule has 0 fully saturated rings. The molecule has 0 radical (unpaired) electrons. The number of carbonyl (C=O) groups excluding carboxylic acids is 1. The van der Waals surface area contributed by atoms with Crippen LogP contribution in [0.2, 0.25) is 0 Å². The molecule has 2 rings (SSSR count). The van der Waals surface area contributed by atoms with Gasteiger partial charge in [0.2, 0.25) is 0 Å². The van der Waals surface area contributed by atoms with Gasteiger partial charge < -0.3 is 0 Å². The minimum Gasteiger partial charge on any atom is -0.293 e. The van der Waals surface area contributed by atoms with E-state index >= 15 is 0 Å². The molecule has 0 aliphatic heterocycles. The van der Waals surface area contributed by atoms with Gasteiger partial charge in [-0.3, -0.25) is 4.79 Å². The van der Waals surface area contributed by atoms with Crippen LogP contribution in [0.3, 0.4) is 0 Å². The lowest BCUT2D eigenvalue weighted by Crippen LogP contribution is -2.09. The number of ketones is 1. The summed E-state index contributed by atoms with van der Waals surface area (Å²) in [7, 11) is -3.34. The smallest absolute Gasteiger partial charge is 0.192 e. The molecule has 0 aromatic carbocycles. The van der Waals surface area contributed by atoms with Crippen LogP contribution in [0, 0.1) is 0 Å². The van der Waals surface area contributed by atoms with Crippen molar-refractivity contribution < 1.29 is 13.2 Å². The Hall–Kier alpha value is -1.23. The van der Waals surface area contributed by atoms with Gasteiger partial charge in [0, 0.05) is 13.2 Å². The zero-order chi connectivity index (χ0) is 11.9. The first-order valence-corrected chi connectivity index (χ1v) is 7.02. The van der Waals surface area contributed by atoms with Crippen molar-refractivity contribution in [1.29, 1.82) is 0 Å². The first-order valence-electron chi connectivity index (χ1n) is 5.13. The maximum absolute atomic E-state index is 11.4. The maximum Gasteiger partial charge on any atom is 0.192 e. The highest BCUT2D eigenvalue weighted by Crippen LogP contribution is 2.26. The third kappa shape index (κ3) is 1.87. The van der Waals surface area contributed by atoms with E-state index in [1.807, 2.05) is 0 Å². The van der Waals surface area contributed by atoms with E-state index in [1.54, 1.807) is 6.07 Å². The predicted octanol–water partition coefficient (Wildman–Crippen LogP) is 1.18. The highest BCUT2D eigenvalue weighted by Gasteiger charge is 2.22. The number of aromatic nitrogens is 1. The second kappa shape index (κ2) is 3.66. The quantitative estimate of drug-likeness (QED) is 0.727. The summed E-state index contributed by atoms with van der Waals surface area (Å²) in [5.74, 6) is -0.163. The van der Waals surface area contributed by atoms with Crippen LogP contribution in [0.1, 0.15) is 35.0 Å². The lowest BCUT2D eigenvalue weighted by atomic mass is 10.1. The van der Waals surface area contributed by atoms with E-state index in [9.17, 15) is 13.2 Å². The maximum atomic E-state index is 11.4. The molecule has 0 saturated carbocycles. The zero-order valence-corrected chi connectivity index (χ0v) is 10.1. The molecule has 1 aliphatic rings. The number of sulfone groups is 1. The molecular weight excluding hydrogens is 226 g/mol. The van der Waals surface area contributed by atoms with Crippen LogP contribution in [-0.2, 0) is 22.7 Å². The highest BCUT2D eigenvalue weighted by atomic mass is 32.2. The molecule has 0 bridgehead atoms. The second-order valence-corrected chi connectivity index (χ2v) is 6.09. The van der Waals surface area contributed by atoms with Crippen molar-refractivity contribution in [1.82, 2.24) is 4.98 Å². The molecule has 1 aliphatic carbocycles. The minimum atomic E-state index is -3.34. The van der Waals surface area contributed by atoms with E-state index < -0.39 is 9.84 Å². The van der Waals surface area contributed by atoms with Gasteiger partial charge in [-0.15, -0.1) is 0 Å². The lowest BCUT2D eigenvalue weighted by Gasteiger charge is -2.07. The largest absolute Gasteiger partial charge is 0.293 e. The van der Waals surface area contributed by atoms with E-state index in [0.29, 0.717) is 5.69 Å². The number of aryl methyl sites for hydroxylation is 1. The van der Waals surface area contributed by atoms with Crippen LogP contribution in [0.25, 0.3) is 0 Å². The van der Waals surface area contributed by atoms with Gasteiger partial charge in [-0.25, -0.2) is 13.4 Å².